The number of rotatable bonds is 0. The van der Waals surface area contributed by atoms with Gasteiger partial charge in [-0.05, 0) is 6.92 Å². The van der Waals surface area contributed by atoms with Crippen LogP contribution in [0, 0.1) is 0 Å². The molecular formula is C7H9IO3. The minimum Gasteiger partial charge on any atom is -0.458 e. The lowest BCUT2D eigenvalue weighted by atomic mass is 10.1. The molecule has 0 aliphatic carbocycles. The van der Waals surface area contributed by atoms with Crippen LogP contribution in [0.3, 0.4) is 0 Å². The Labute approximate surface area is 78.6 Å². The number of alkyl halides is 1. The number of hydrogen-bond donors (Lipinski definition) is 0. The molecule has 0 aromatic heterocycles. The molecule has 0 bridgehead atoms. The Kier molecular flexibility index (Phi) is 1.83. The van der Waals surface area contributed by atoms with Crippen LogP contribution in [-0.2, 0) is 14.3 Å². The van der Waals surface area contributed by atoms with Gasteiger partial charge in [0.05, 0.1) is 16.4 Å². The maximum absolute atomic E-state index is 10.8. The summed E-state index contributed by atoms with van der Waals surface area (Å²) in [5.74, 6) is -0.117. The van der Waals surface area contributed by atoms with E-state index in [4.69, 9.17) is 9.47 Å². The molecule has 0 N–H and O–H groups in total. The van der Waals surface area contributed by atoms with Gasteiger partial charge in [0.1, 0.15) is 12.2 Å². The summed E-state index contributed by atoms with van der Waals surface area (Å²) >= 11 is 2.28. The molecule has 2 rings (SSSR count). The lowest BCUT2D eigenvalue weighted by Gasteiger charge is -2.10. The predicted octanol–water partition coefficient (Wildman–Crippen LogP) is 0.893. The summed E-state index contributed by atoms with van der Waals surface area (Å²) in [6.07, 6.45) is 0.699. The van der Waals surface area contributed by atoms with Crippen molar-refractivity contribution in [3.63, 3.8) is 0 Å². The quantitative estimate of drug-likeness (QED) is 0.372. The molecule has 11 heavy (non-hydrogen) atoms. The van der Waals surface area contributed by atoms with E-state index in [0.29, 0.717) is 10.3 Å². The molecule has 2 aliphatic heterocycles. The first-order chi connectivity index (χ1) is 5.18. The van der Waals surface area contributed by atoms with Crippen LogP contribution in [0.2, 0.25) is 0 Å². The van der Waals surface area contributed by atoms with Gasteiger partial charge >= 0.3 is 5.97 Å². The summed E-state index contributed by atoms with van der Waals surface area (Å²) in [7, 11) is 0. The van der Waals surface area contributed by atoms with Gasteiger partial charge in [0, 0.05) is 0 Å². The predicted molar refractivity (Wildman–Crippen MR) is 46.6 cm³/mol. The number of halogens is 1. The van der Waals surface area contributed by atoms with Gasteiger partial charge in [0.25, 0.3) is 0 Å². The average Bonchev–Trinajstić information content (AvgIpc) is 2.37. The molecule has 62 valence electrons. The molecule has 2 heterocycles. The number of hydrogen-bond acceptors (Lipinski definition) is 3. The van der Waals surface area contributed by atoms with Crippen LogP contribution in [0.5, 0.6) is 0 Å². The summed E-state index contributed by atoms with van der Waals surface area (Å²) < 4.78 is 10.9. The topological polar surface area (TPSA) is 35.5 Å². The summed E-state index contributed by atoms with van der Waals surface area (Å²) in [5.41, 5.74) is 0. The highest BCUT2D eigenvalue weighted by molar-refractivity contribution is 14.1. The third-order valence-corrected chi connectivity index (χ3v) is 3.88. The van der Waals surface area contributed by atoms with Crippen LogP contribution >= 0.6 is 22.6 Å². The molecule has 2 fully saturated rings. The third kappa shape index (κ3) is 1.16. The molecule has 2 saturated heterocycles. The van der Waals surface area contributed by atoms with Crippen molar-refractivity contribution in [1.82, 2.24) is 0 Å². The van der Waals surface area contributed by atoms with Crippen LogP contribution in [0.25, 0.3) is 0 Å². The van der Waals surface area contributed by atoms with Crippen molar-refractivity contribution in [1.29, 1.82) is 0 Å². The molecule has 0 aromatic carbocycles. The Morgan fingerprint density at radius 2 is 2.36 bits per heavy atom. The molecule has 4 atom stereocenters. The standard InChI is InChI=1S/C7H9IO3/c1-3-6(8)7-4(10-3)2-5(9)11-7/h3-4,6-7H,2H2,1H3/t3-,4-,6+,7+/m0/s1. The number of carbonyl (C=O) groups excluding carboxylic acids is 1. The van der Waals surface area contributed by atoms with Crippen molar-refractivity contribution in [2.24, 2.45) is 0 Å². The van der Waals surface area contributed by atoms with E-state index in [-0.39, 0.29) is 24.3 Å². The van der Waals surface area contributed by atoms with E-state index >= 15 is 0 Å². The van der Waals surface area contributed by atoms with Gasteiger partial charge in [-0.3, -0.25) is 4.79 Å². The van der Waals surface area contributed by atoms with E-state index in [1.54, 1.807) is 0 Å². The molecule has 0 spiro atoms. The number of ether oxygens (including phenoxy) is 2. The van der Waals surface area contributed by atoms with Gasteiger partial charge in [-0.25, -0.2) is 0 Å². The van der Waals surface area contributed by atoms with Crippen LogP contribution in [0.15, 0.2) is 0 Å². The molecule has 0 unspecified atom stereocenters. The van der Waals surface area contributed by atoms with Crippen molar-refractivity contribution in [3.8, 4) is 0 Å². The van der Waals surface area contributed by atoms with Crippen molar-refractivity contribution in [2.75, 3.05) is 0 Å². The largest absolute Gasteiger partial charge is 0.458 e. The summed E-state index contributed by atoms with van der Waals surface area (Å²) in [5, 5.41) is 0. The van der Waals surface area contributed by atoms with Crippen LogP contribution in [0.1, 0.15) is 13.3 Å². The van der Waals surface area contributed by atoms with E-state index in [1.807, 2.05) is 6.92 Å². The van der Waals surface area contributed by atoms with E-state index in [0.717, 1.165) is 0 Å². The smallest absolute Gasteiger partial charge is 0.308 e. The summed E-state index contributed by atoms with van der Waals surface area (Å²) in [6, 6.07) is 0. The van der Waals surface area contributed by atoms with Crippen LogP contribution in [-0.4, -0.2) is 28.2 Å². The lowest BCUT2D eigenvalue weighted by Crippen LogP contribution is -2.24. The van der Waals surface area contributed by atoms with Crippen molar-refractivity contribution >= 4 is 28.6 Å². The second-order valence-electron chi connectivity index (χ2n) is 2.98. The highest BCUT2D eigenvalue weighted by Crippen LogP contribution is 2.35. The highest BCUT2D eigenvalue weighted by atomic mass is 127. The average molecular weight is 268 g/mol. The fourth-order valence-corrected chi connectivity index (χ4v) is 2.35. The molecule has 0 aromatic rings. The first kappa shape index (κ1) is 7.79. The Balaban J connectivity index is 2.13. The Bertz CT molecular complexity index is 194. The van der Waals surface area contributed by atoms with Gasteiger partial charge in [-0.1, -0.05) is 22.6 Å². The molecule has 0 amide bonds. The van der Waals surface area contributed by atoms with E-state index < -0.39 is 0 Å². The first-order valence-electron chi connectivity index (χ1n) is 3.67. The summed E-state index contributed by atoms with van der Waals surface area (Å²) in [4.78, 5) is 10.8. The molecule has 0 saturated carbocycles. The monoisotopic (exact) mass is 268 g/mol. The van der Waals surface area contributed by atoms with E-state index in [9.17, 15) is 4.79 Å². The summed E-state index contributed by atoms with van der Waals surface area (Å²) in [6.45, 7) is 2.02. The van der Waals surface area contributed by atoms with E-state index in [2.05, 4.69) is 22.6 Å². The van der Waals surface area contributed by atoms with Crippen LogP contribution in [0.4, 0.5) is 0 Å². The van der Waals surface area contributed by atoms with Gasteiger partial charge in [-0.15, -0.1) is 0 Å². The van der Waals surface area contributed by atoms with E-state index in [1.165, 1.54) is 0 Å². The zero-order valence-corrected chi connectivity index (χ0v) is 8.28. The lowest BCUT2D eigenvalue weighted by molar-refractivity contribution is -0.141. The highest BCUT2D eigenvalue weighted by Gasteiger charge is 2.48. The maximum Gasteiger partial charge on any atom is 0.308 e. The second-order valence-corrected chi connectivity index (χ2v) is 4.42. The molecular weight excluding hydrogens is 259 g/mol. The number of esters is 1. The fraction of sp³-hybridized carbons (Fsp3) is 0.857. The Morgan fingerprint density at radius 3 is 3.00 bits per heavy atom. The van der Waals surface area contributed by atoms with Crippen molar-refractivity contribution in [2.45, 2.75) is 35.6 Å². The fourth-order valence-electron chi connectivity index (χ4n) is 1.57. The number of fused-ring (bicyclic) bond motifs is 1. The van der Waals surface area contributed by atoms with Crippen molar-refractivity contribution in [3.05, 3.63) is 0 Å². The van der Waals surface area contributed by atoms with Gasteiger partial charge in [-0.2, -0.15) is 0 Å². The van der Waals surface area contributed by atoms with Gasteiger partial charge < -0.3 is 9.47 Å². The zero-order chi connectivity index (χ0) is 8.01. The molecule has 0 radical (unpaired) electrons. The van der Waals surface area contributed by atoms with Gasteiger partial charge in [0.2, 0.25) is 0 Å². The zero-order valence-electron chi connectivity index (χ0n) is 6.12. The Hall–Kier alpha value is 0.160. The maximum atomic E-state index is 10.8. The normalized spacial score (nSPS) is 49.1. The number of carbonyl (C=O) groups is 1. The third-order valence-electron chi connectivity index (χ3n) is 2.15. The van der Waals surface area contributed by atoms with Crippen molar-refractivity contribution < 1.29 is 14.3 Å². The molecule has 2 aliphatic rings. The van der Waals surface area contributed by atoms with Crippen LogP contribution < -0.4 is 0 Å². The first-order valence-corrected chi connectivity index (χ1v) is 4.92. The van der Waals surface area contributed by atoms with Gasteiger partial charge in [0.15, 0.2) is 0 Å². The molecule has 3 nitrogen and oxygen atoms in total. The molecule has 4 heteroatoms. The minimum atomic E-state index is -0.117. The Morgan fingerprint density at radius 1 is 1.64 bits per heavy atom. The minimum absolute atomic E-state index is 0.0121. The SMILES string of the molecule is C[C@@H]1O[C@H]2CC(=O)O[C@H]2[C@@H]1I. The second kappa shape index (κ2) is 2.58.